The minimum Gasteiger partial charge on any atom is -0.744 e. The van der Waals surface area contributed by atoms with Gasteiger partial charge in [-0.3, -0.25) is 4.98 Å². The molecule has 4 aromatic rings. The number of ether oxygens (including phenoxy) is 1. The SMILES string of the molecule is CCCCCCCCCc1cccc(C(O)c2ccccc2-c2ccc(Sc3ccc(OCCCC)cc3)c(S(=O)(=O)[O-])c2)n1.[Na+]. The molecule has 1 atom stereocenters. The van der Waals surface area contributed by atoms with Gasteiger partial charge in [-0.05, 0) is 84.5 Å². The van der Waals surface area contributed by atoms with Crippen LogP contribution in [0.2, 0.25) is 0 Å². The fraction of sp³-hybridized carbons (Fsp3) is 0.378. The molecule has 3 aromatic carbocycles. The Labute approximate surface area is 301 Å². The van der Waals surface area contributed by atoms with Gasteiger partial charge in [-0.25, -0.2) is 8.42 Å². The number of pyridine rings is 1. The van der Waals surface area contributed by atoms with Crippen molar-refractivity contribution in [1.29, 1.82) is 0 Å². The number of aliphatic hydroxyl groups is 1. The van der Waals surface area contributed by atoms with Gasteiger partial charge in [-0.1, -0.05) is 107 Å². The number of rotatable bonds is 18. The summed E-state index contributed by atoms with van der Waals surface area (Å²) in [6.45, 7) is 4.97. The average molecular weight is 670 g/mol. The summed E-state index contributed by atoms with van der Waals surface area (Å²) >= 11 is 1.21. The Balaban J connectivity index is 0.00000576. The summed E-state index contributed by atoms with van der Waals surface area (Å²) in [6, 6.07) is 25.2. The van der Waals surface area contributed by atoms with Crippen molar-refractivity contribution in [1.82, 2.24) is 4.98 Å². The van der Waals surface area contributed by atoms with E-state index in [0.717, 1.165) is 42.0 Å². The van der Waals surface area contributed by atoms with Gasteiger partial charge in [0.15, 0.2) is 0 Å². The van der Waals surface area contributed by atoms with Crippen LogP contribution in [0.3, 0.4) is 0 Å². The molecule has 0 radical (unpaired) electrons. The molecule has 1 N–H and O–H groups in total. The van der Waals surface area contributed by atoms with E-state index >= 15 is 0 Å². The van der Waals surface area contributed by atoms with E-state index in [1.54, 1.807) is 12.1 Å². The predicted molar refractivity (Wildman–Crippen MR) is 181 cm³/mol. The number of nitrogens with zero attached hydrogens (tertiary/aromatic N) is 1. The molecule has 0 saturated heterocycles. The summed E-state index contributed by atoms with van der Waals surface area (Å²) in [5, 5.41) is 11.5. The summed E-state index contributed by atoms with van der Waals surface area (Å²) in [5.41, 5.74) is 3.24. The third kappa shape index (κ3) is 11.5. The molecule has 1 heterocycles. The van der Waals surface area contributed by atoms with Gasteiger partial charge >= 0.3 is 29.6 Å². The van der Waals surface area contributed by atoms with Crippen molar-refractivity contribution in [2.45, 2.75) is 98.8 Å². The zero-order valence-corrected chi connectivity index (χ0v) is 30.9. The molecular weight excluding hydrogens is 626 g/mol. The molecule has 0 spiro atoms. The Morgan fingerprint density at radius 1 is 0.826 bits per heavy atom. The molecule has 9 heteroatoms. The molecule has 4 rings (SSSR count). The van der Waals surface area contributed by atoms with Crippen molar-refractivity contribution < 1.29 is 52.4 Å². The Morgan fingerprint density at radius 2 is 1.52 bits per heavy atom. The van der Waals surface area contributed by atoms with Crippen molar-refractivity contribution >= 4 is 21.9 Å². The monoisotopic (exact) mass is 669 g/mol. The van der Waals surface area contributed by atoms with E-state index in [-0.39, 0.29) is 34.5 Å². The van der Waals surface area contributed by atoms with Gasteiger partial charge in [-0.15, -0.1) is 0 Å². The second kappa shape index (κ2) is 19.6. The molecule has 1 aromatic heterocycles. The number of hydrogen-bond donors (Lipinski definition) is 1. The largest absolute Gasteiger partial charge is 1.00 e. The first kappa shape index (κ1) is 38.3. The van der Waals surface area contributed by atoms with Gasteiger partial charge < -0.3 is 14.4 Å². The van der Waals surface area contributed by atoms with Crippen LogP contribution in [0.1, 0.15) is 94.7 Å². The second-order valence-electron chi connectivity index (χ2n) is 11.3. The van der Waals surface area contributed by atoms with Crippen LogP contribution in [0.15, 0.2) is 99.6 Å². The van der Waals surface area contributed by atoms with Gasteiger partial charge in [0.1, 0.15) is 22.0 Å². The maximum Gasteiger partial charge on any atom is 1.00 e. The van der Waals surface area contributed by atoms with Gasteiger partial charge in [0, 0.05) is 15.5 Å². The Kier molecular flexibility index (Phi) is 16.3. The number of aliphatic hydroxyl groups excluding tert-OH is 1. The van der Waals surface area contributed by atoms with Crippen molar-refractivity contribution in [3.63, 3.8) is 0 Å². The first-order valence-corrected chi connectivity index (χ1v) is 18.3. The topological polar surface area (TPSA) is 99.5 Å². The van der Waals surface area contributed by atoms with E-state index in [4.69, 9.17) is 9.72 Å². The van der Waals surface area contributed by atoms with Crippen LogP contribution in [0.25, 0.3) is 11.1 Å². The third-order valence-electron chi connectivity index (χ3n) is 7.74. The molecule has 0 aliphatic rings. The van der Waals surface area contributed by atoms with Crippen LogP contribution in [0, 0.1) is 0 Å². The summed E-state index contributed by atoms with van der Waals surface area (Å²) in [7, 11) is -4.79. The molecular formula is C37H44NNaO5S2. The molecule has 0 saturated carbocycles. The van der Waals surface area contributed by atoms with Crippen LogP contribution in [-0.2, 0) is 16.5 Å². The average Bonchev–Trinajstić information content (AvgIpc) is 3.05. The van der Waals surface area contributed by atoms with E-state index in [1.165, 1.54) is 56.4 Å². The first-order chi connectivity index (χ1) is 21.8. The van der Waals surface area contributed by atoms with Gasteiger partial charge in [0.25, 0.3) is 0 Å². The van der Waals surface area contributed by atoms with Crippen LogP contribution in [0.4, 0.5) is 0 Å². The van der Waals surface area contributed by atoms with E-state index in [2.05, 4.69) is 13.8 Å². The minimum atomic E-state index is -4.79. The maximum absolute atomic E-state index is 12.4. The summed E-state index contributed by atoms with van der Waals surface area (Å²) < 4.78 is 43.0. The Bertz CT molecular complexity index is 1610. The molecule has 6 nitrogen and oxygen atoms in total. The fourth-order valence-electron chi connectivity index (χ4n) is 5.23. The molecule has 0 bridgehead atoms. The van der Waals surface area contributed by atoms with Gasteiger partial charge in [0.05, 0.1) is 17.2 Å². The Morgan fingerprint density at radius 3 is 2.24 bits per heavy atom. The summed E-state index contributed by atoms with van der Waals surface area (Å²) in [5.74, 6) is 0.743. The standard InChI is InChI=1S/C37H45NO5S2.Na/c1-3-5-7-8-9-10-11-15-29-16-14-19-34(38-29)37(39)33-18-13-12-17-32(33)28-20-25-35(36(27-28)45(40,41)42)44-31-23-21-30(22-24-31)43-26-6-4-2;/h12-14,16-25,27,37,39H,3-11,15,26H2,1-2H3,(H,40,41,42);/q;+1/p-1. The molecule has 46 heavy (non-hydrogen) atoms. The minimum absolute atomic E-state index is 0. The second-order valence-corrected chi connectivity index (χ2v) is 13.8. The zero-order chi connectivity index (χ0) is 32.1. The van der Waals surface area contributed by atoms with Gasteiger partial charge in [-0.2, -0.15) is 0 Å². The van der Waals surface area contributed by atoms with E-state index < -0.39 is 16.2 Å². The summed E-state index contributed by atoms with van der Waals surface area (Å²) in [6.07, 6.45) is 10.4. The number of benzene rings is 3. The first-order valence-electron chi connectivity index (χ1n) is 16.0. The third-order valence-corrected chi connectivity index (χ3v) is 9.83. The van der Waals surface area contributed by atoms with E-state index in [9.17, 15) is 18.1 Å². The van der Waals surface area contributed by atoms with Crippen molar-refractivity contribution in [3.05, 3.63) is 102 Å². The predicted octanol–water partition coefficient (Wildman–Crippen LogP) is 6.36. The molecule has 0 fully saturated rings. The van der Waals surface area contributed by atoms with Crippen LogP contribution in [0.5, 0.6) is 5.75 Å². The molecule has 0 aliphatic heterocycles. The molecule has 240 valence electrons. The molecule has 0 amide bonds. The van der Waals surface area contributed by atoms with Crippen molar-refractivity contribution in [2.24, 2.45) is 0 Å². The van der Waals surface area contributed by atoms with E-state index in [0.29, 0.717) is 33.9 Å². The number of hydrogen-bond acceptors (Lipinski definition) is 7. The smallest absolute Gasteiger partial charge is 0.744 e. The normalized spacial score (nSPS) is 12.0. The van der Waals surface area contributed by atoms with Gasteiger partial charge in [0.2, 0.25) is 0 Å². The number of aryl methyl sites for hydroxylation is 1. The number of aromatic nitrogens is 1. The van der Waals surface area contributed by atoms with Crippen molar-refractivity contribution in [3.8, 4) is 16.9 Å². The van der Waals surface area contributed by atoms with E-state index in [1.807, 2.05) is 66.7 Å². The van der Waals surface area contributed by atoms with Crippen LogP contribution < -0.4 is 34.3 Å². The maximum atomic E-state index is 12.4. The fourth-order valence-corrected chi connectivity index (χ4v) is 7.07. The van der Waals surface area contributed by atoms with Crippen LogP contribution in [-0.4, -0.2) is 29.7 Å². The summed E-state index contributed by atoms with van der Waals surface area (Å²) in [4.78, 5) is 5.59. The Hall–Kier alpha value is -2.17. The molecule has 1 unspecified atom stereocenters. The van der Waals surface area contributed by atoms with Crippen LogP contribution >= 0.6 is 11.8 Å². The molecule has 0 aliphatic carbocycles. The number of unbranched alkanes of at least 4 members (excludes halogenated alkanes) is 7. The quantitative estimate of drug-likeness (QED) is 0.0748. The zero-order valence-electron chi connectivity index (χ0n) is 27.3. The van der Waals surface area contributed by atoms with Crippen molar-refractivity contribution in [2.75, 3.05) is 6.61 Å².